The molecule has 11 nitrogen and oxygen atoms in total. The van der Waals surface area contributed by atoms with E-state index in [1.54, 1.807) is 30.5 Å². The van der Waals surface area contributed by atoms with Crippen molar-refractivity contribution < 1.29 is 32.6 Å². The summed E-state index contributed by atoms with van der Waals surface area (Å²) in [4.78, 5) is 56.3. The van der Waals surface area contributed by atoms with Crippen LogP contribution in [0.1, 0.15) is 102 Å². The summed E-state index contributed by atoms with van der Waals surface area (Å²) in [6, 6.07) is 15.4. The average Bonchev–Trinajstić information content (AvgIpc) is 3.87. The largest absolute Gasteiger partial charge is 0.453 e. The molecular weight excluding hydrogens is 779 g/mol. The molecule has 5 atom stereocenters. The first-order valence-electron chi connectivity index (χ1n) is 21.6. The summed E-state index contributed by atoms with van der Waals surface area (Å²) in [5, 5.41) is 2.71. The van der Waals surface area contributed by atoms with Gasteiger partial charge in [0.25, 0.3) is 5.92 Å². The smallest absolute Gasteiger partial charge is 0.411 e. The molecule has 2 saturated carbocycles. The van der Waals surface area contributed by atoms with E-state index in [-0.39, 0.29) is 52.6 Å². The van der Waals surface area contributed by atoms with Gasteiger partial charge in [-0.3, -0.25) is 14.7 Å². The number of piperidine rings is 1. The van der Waals surface area contributed by atoms with Gasteiger partial charge in [-0.25, -0.2) is 14.6 Å². The normalized spacial score (nSPS) is 24.1. The molecule has 3 aliphatic carbocycles. The van der Waals surface area contributed by atoms with Gasteiger partial charge in [-0.1, -0.05) is 44.2 Å². The maximum absolute atomic E-state index is 16.6. The topological polar surface area (TPSA) is 129 Å². The zero-order chi connectivity index (χ0) is 42.7. The van der Waals surface area contributed by atoms with Crippen molar-refractivity contribution in [3.05, 3.63) is 83.3 Å². The first-order chi connectivity index (χ1) is 29.0. The number of fused-ring (bicyclic) bond motifs is 6. The van der Waals surface area contributed by atoms with Gasteiger partial charge in [0, 0.05) is 41.4 Å². The Hall–Kier alpha value is -5.59. The number of amides is 3. The number of hydrogen-bond donors (Lipinski definition) is 2. The molecule has 4 fully saturated rings. The summed E-state index contributed by atoms with van der Waals surface area (Å²) < 4.78 is 43.9. The first-order valence-corrected chi connectivity index (χ1v) is 21.6. The number of H-pyrrole nitrogens is 1. The van der Waals surface area contributed by atoms with E-state index in [0.29, 0.717) is 52.7 Å². The van der Waals surface area contributed by atoms with Crippen LogP contribution in [0.2, 0.25) is 0 Å². The SMILES string of the molecule is COC(=O)NC(C(=O)N1CC2(CC2)CC1c1ncc(-c2ccc3c(c2)C(F)(F)c2cc(-c4ccc5c(c4)CC(C4C6CCC(C6)N4C(=O)OC(C)(C)C)=N5)ccc2-3)[nH]1)C(C)C. The molecule has 10 rings (SSSR count). The minimum absolute atomic E-state index is 0.0250. The highest BCUT2D eigenvalue weighted by Crippen LogP contribution is 2.59. The Morgan fingerprint density at radius 1 is 0.951 bits per heavy atom. The van der Waals surface area contributed by atoms with Gasteiger partial charge in [0.1, 0.15) is 17.5 Å². The van der Waals surface area contributed by atoms with Crippen molar-refractivity contribution in [2.75, 3.05) is 13.7 Å². The summed E-state index contributed by atoms with van der Waals surface area (Å²) in [5.41, 5.74) is 5.85. The predicted molar refractivity (Wildman–Crippen MR) is 227 cm³/mol. The van der Waals surface area contributed by atoms with Crippen LogP contribution in [0.5, 0.6) is 0 Å². The standard InChI is InChI=1S/C48H52F2N6O5/c1-25(2)40(54-44(58)60-6)43(57)55-24-47(15-16-47)22-39(55)42-51-23-38(53-42)28-9-13-33-32-12-8-27(19-34(32)48(49,50)35(33)20-28)26-10-14-36-30(17-26)21-37(52-36)41-29-7-11-31(18-29)56(41)45(59)61-46(3,4)5/h8-10,12-14,17,19-20,23,25,29,31,39-41H,7,11,15-16,18,21-22,24H2,1-6H3,(H,51,53)(H,54,58). The third kappa shape index (κ3) is 6.69. The van der Waals surface area contributed by atoms with Crippen LogP contribution in [0.4, 0.5) is 24.1 Å². The van der Waals surface area contributed by atoms with Gasteiger partial charge in [-0.15, -0.1) is 0 Å². The Bertz CT molecular complexity index is 2520. The first kappa shape index (κ1) is 39.5. The van der Waals surface area contributed by atoms with Gasteiger partial charge in [0.2, 0.25) is 5.91 Å². The number of carbonyl (C=O) groups excluding carboxylic acids is 3. The third-order valence-corrected chi connectivity index (χ3v) is 13.9. The Labute approximate surface area is 354 Å². The molecule has 2 N–H and O–H groups in total. The van der Waals surface area contributed by atoms with Gasteiger partial charge >= 0.3 is 12.2 Å². The quantitative estimate of drug-likeness (QED) is 0.191. The number of carbonyl (C=O) groups is 3. The van der Waals surface area contributed by atoms with Crippen molar-refractivity contribution in [2.45, 2.75) is 115 Å². The monoisotopic (exact) mass is 830 g/mol. The summed E-state index contributed by atoms with van der Waals surface area (Å²) in [7, 11) is 1.27. The number of halogens is 2. The van der Waals surface area contributed by atoms with Crippen LogP contribution in [0.25, 0.3) is 33.5 Å². The number of hydrogen-bond acceptors (Lipinski definition) is 7. The Kier molecular flexibility index (Phi) is 9.05. The molecule has 0 radical (unpaired) electrons. The number of methoxy groups -OCH3 is 1. The summed E-state index contributed by atoms with van der Waals surface area (Å²) in [6.45, 7) is 9.99. The molecule has 318 valence electrons. The van der Waals surface area contributed by atoms with Crippen molar-refractivity contribution in [3.63, 3.8) is 0 Å². The fourth-order valence-corrected chi connectivity index (χ4v) is 10.7. The fourth-order valence-electron chi connectivity index (χ4n) is 10.7. The molecule has 4 aromatic rings. The van der Waals surface area contributed by atoms with E-state index in [1.807, 2.05) is 68.7 Å². The number of nitrogens with one attached hydrogen (secondary N) is 2. The third-order valence-electron chi connectivity index (χ3n) is 13.9. The van der Waals surface area contributed by atoms with E-state index in [1.165, 1.54) is 7.11 Å². The number of benzene rings is 3. The summed E-state index contributed by atoms with van der Waals surface area (Å²) in [5.74, 6) is -2.66. The molecule has 3 aliphatic heterocycles. The molecule has 61 heavy (non-hydrogen) atoms. The lowest BCUT2D eigenvalue weighted by molar-refractivity contribution is -0.135. The molecule has 1 spiro atoms. The minimum Gasteiger partial charge on any atom is -0.453 e. The van der Waals surface area contributed by atoms with Gasteiger partial charge in [0.05, 0.1) is 36.8 Å². The lowest BCUT2D eigenvalue weighted by Crippen LogP contribution is -2.51. The number of aliphatic imine (C=N–C) groups is 1. The number of rotatable bonds is 7. The molecule has 3 amide bonds. The van der Waals surface area contributed by atoms with Crippen LogP contribution in [-0.2, 0) is 26.6 Å². The van der Waals surface area contributed by atoms with E-state index in [2.05, 4.69) is 16.4 Å². The number of imidazole rings is 1. The molecule has 5 unspecified atom stereocenters. The zero-order valence-electron chi connectivity index (χ0n) is 35.5. The Morgan fingerprint density at radius 2 is 1.64 bits per heavy atom. The second kappa shape index (κ2) is 14.0. The van der Waals surface area contributed by atoms with Crippen molar-refractivity contribution >= 4 is 29.5 Å². The number of aromatic amines is 1. The highest BCUT2D eigenvalue weighted by Gasteiger charge is 2.56. The van der Waals surface area contributed by atoms with Gasteiger partial charge < -0.3 is 24.7 Å². The molecule has 13 heteroatoms. The van der Waals surface area contributed by atoms with Gasteiger partial charge in [0.15, 0.2) is 0 Å². The summed E-state index contributed by atoms with van der Waals surface area (Å²) in [6.07, 6.45) is 7.06. The van der Waals surface area contributed by atoms with E-state index in [4.69, 9.17) is 19.5 Å². The zero-order valence-corrected chi connectivity index (χ0v) is 35.5. The highest BCUT2D eigenvalue weighted by atomic mass is 19.3. The average molecular weight is 831 g/mol. The maximum atomic E-state index is 16.6. The molecule has 1 aromatic heterocycles. The number of aromatic nitrogens is 2. The second-order valence-corrected chi connectivity index (χ2v) is 19.5. The number of ether oxygens (including phenoxy) is 2. The summed E-state index contributed by atoms with van der Waals surface area (Å²) >= 11 is 0. The minimum atomic E-state index is -3.25. The molecule has 2 bridgehead atoms. The predicted octanol–water partition coefficient (Wildman–Crippen LogP) is 9.71. The van der Waals surface area contributed by atoms with Crippen molar-refractivity contribution in [1.82, 2.24) is 25.1 Å². The van der Waals surface area contributed by atoms with E-state index in [9.17, 15) is 14.4 Å². The lowest BCUT2D eigenvalue weighted by Gasteiger charge is -2.36. The molecule has 6 aliphatic rings. The van der Waals surface area contributed by atoms with Crippen LogP contribution in [0.15, 0.2) is 65.8 Å². The Balaban J connectivity index is 0.877. The van der Waals surface area contributed by atoms with Crippen molar-refractivity contribution in [3.8, 4) is 33.5 Å². The van der Waals surface area contributed by atoms with Gasteiger partial charge in [-0.2, -0.15) is 8.78 Å². The van der Waals surface area contributed by atoms with Crippen molar-refractivity contribution in [1.29, 1.82) is 0 Å². The molecule has 3 aromatic carbocycles. The van der Waals surface area contributed by atoms with Gasteiger partial charge in [-0.05, 0) is 129 Å². The molecule has 4 heterocycles. The highest BCUT2D eigenvalue weighted by molar-refractivity contribution is 6.00. The number of nitrogens with zero attached hydrogens (tertiary/aromatic N) is 4. The van der Waals surface area contributed by atoms with Crippen LogP contribution in [-0.4, -0.2) is 81.0 Å². The fraction of sp³-hybridized carbons (Fsp3) is 0.479. The van der Waals surface area contributed by atoms with Crippen LogP contribution in [0.3, 0.4) is 0 Å². The van der Waals surface area contributed by atoms with Crippen LogP contribution in [0, 0.1) is 17.3 Å². The molecule has 2 saturated heterocycles. The molecular formula is C48H52F2N6O5. The maximum Gasteiger partial charge on any atom is 0.411 e. The van der Waals surface area contributed by atoms with E-state index < -0.39 is 23.7 Å². The second-order valence-electron chi connectivity index (χ2n) is 19.5. The lowest BCUT2D eigenvalue weighted by atomic mass is 9.91. The number of alkyl halides is 2. The van der Waals surface area contributed by atoms with E-state index >= 15 is 8.78 Å². The van der Waals surface area contributed by atoms with Crippen LogP contribution >= 0.6 is 0 Å². The number of likely N-dealkylation sites (tertiary alicyclic amines) is 2. The Morgan fingerprint density at radius 3 is 2.33 bits per heavy atom. The number of alkyl carbamates (subject to hydrolysis) is 1. The van der Waals surface area contributed by atoms with E-state index in [0.717, 1.165) is 61.1 Å². The van der Waals surface area contributed by atoms with Crippen LogP contribution < -0.4 is 5.32 Å². The van der Waals surface area contributed by atoms with Crippen molar-refractivity contribution in [2.24, 2.45) is 22.2 Å².